The van der Waals surface area contributed by atoms with Gasteiger partial charge in [-0.25, -0.2) is 0 Å². The Labute approximate surface area is 124 Å². The molecule has 0 radical (unpaired) electrons. The third-order valence-corrected chi connectivity index (χ3v) is 6.09. The highest BCUT2D eigenvalue weighted by Crippen LogP contribution is 2.44. The summed E-state index contributed by atoms with van der Waals surface area (Å²) in [5, 5.41) is 0. The van der Waals surface area contributed by atoms with Crippen molar-refractivity contribution in [2.75, 3.05) is 0 Å². The number of hydrogen-bond donors (Lipinski definition) is 1. The summed E-state index contributed by atoms with van der Waals surface area (Å²) in [7, 11) is 0. The molecule has 3 fully saturated rings. The lowest BCUT2D eigenvalue weighted by atomic mass is 9.80. The Morgan fingerprint density at radius 2 is 1.30 bits per heavy atom. The summed E-state index contributed by atoms with van der Waals surface area (Å²) in [5.41, 5.74) is 7.09. The lowest BCUT2D eigenvalue weighted by molar-refractivity contribution is -0.0723. The predicted octanol–water partition coefficient (Wildman–Crippen LogP) is 4.70. The normalized spacial score (nSPS) is 33.8. The lowest BCUT2D eigenvalue weighted by Gasteiger charge is -2.36. The fraction of sp³-hybridized carbons (Fsp3) is 1.00. The van der Waals surface area contributed by atoms with E-state index in [1.165, 1.54) is 89.9 Å². The molecule has 1 heterocycles. The first kappa shape index (κ1) is 14.8. The van der Waals surface area contributed by atoms with Crippen molar-refractivity contribution in [2.45, 2.75) is 114 Å². The highest BCUT2D eigenvalue weighted by molar-refractivity contribution is 4.95. The minimum absolute atomic E-state index is 0.0747. The Hall–Kier alpha value is -0.0800. The van der Waals surface area contributed by atoms with Gasteiger partial charge in [0.1, 0.15) is 0 Å². The Morgan fingerprint density at radius 1 is 0.750 bits per heavy atom. The van der Waals surface area contributed by atoms with E-state index >= 15 is 0 Å². The van der Waals surface area contributed by atoms with Crippen LogP contribution in [0, 0.1) is 0 Å². The van der Waals surface area contributed by atoms with Gasteiger partial charge < -0.3 is 10.5 Å². The maximum Gasteiger partial charge on any atom is 0.0687 e. The molecule has 0 amide bonds. The van der Waals surface area contributed by atoms with Crippen LogP contribution >= 0.6 is 0 Å². The zero-order valence-corrected chi connectivity index (χ0v) is 13.2. The van der Waals surface area contributed by atoms with Crippen LogP contribution in [0.15, 0.2) is 0 Å². The Morgan fingerprint density at radius 3 is 2.00 bits per heavy atom. The number of ether oxygens (including phenoxy) is 1. The summed E-state index contributed by atoms with van der Waals surface area (Å²) in [6.07, 6.45) is 20.2. The van der Waals surface area contributed by atoms with Gasteiger partial charge in [0.15, 0.2) is 0 Å². The molecule has 1 spiro atoms. The average molecular weight is 279 g/mol. The molecule has 3 rings (SSSR count). The van der Waals surface area contributed by atoms with Gasteiger partial charge in [-0.1, -0.05) is 51.4 Å². The molecule has 3 aliphatic rings. The highest BCUT2D eigenvalue weighted by atomic mass is 16.5. The van der Waals surface area contributed by atoms with Gasteiger partial charge in [0.25, 0.3) is 0 Å². The summed E-state index contributed by atoms with van der Waals surface area (Å²) in [6, 6.07) is 0. The first-order chi connectivity index (χ1) is 9.70. The summed E-state index contributed by atoms with van der Waals surface area (Å²) in [5.74, 6) is 0. The summed E-state index contributed by atoms with van der Waals surface area (Å²) >= 11 is 0. The van der Waals surface area contributed by atoms with Crippen LogP contribution in [0.1, 0.15) is 96.3 Å². The van der Waals surface area contributed by atoms with E-state index in [1.807, 2.05) is 0 Å². The van der Waals surface area contributed by atoms with Gasteiger partial charge in [0, 0.05) is 5.54 Å². The lowest BCUT2D eigenvalue weighted by Crippen LogP contribution is -2.44. The summed E-state index contributed by atoms with van der Waals surface area (Å²) in [4.78, 5) is 0. The number of hydrogen-bond acceptors (Lipinski definition) is 2. The molecule has 0 bridgehead atoms. The molecule has 0 aromatic rings. The van der Waals surface area contributed by atoms with Crippen LogP contribution in [0.25, 0.3) is 0 Å². The summed E-state index contributed by atoms with van der Waals surface area (Å²) < 4.78 is 6.55. The van der Waals surface area contributed by atoms with Gasteiger partial charge in [-0.15, -0.1) is 0 Å². The molecule has 1 aliphatic heterocycles. The van der Waals surface area contributed by atoms with Crippen molar-refractivity contribution in [3.8, 4) is 0 Å². The molecule has 2 heteroatoms. The van der Waals surface area contributed by atoms with E-state index in [2.05, 4.69) is 0 Å². The van der Waals surface area contributed by atoms with Crippen LogP contribution in [0.3, 0.4) is 0 Å². The van der Waals surface area contributed by atoms with E-state index < -0.39 is 0 Å². The van der Waals surface area contributed by atoms with Crippen LogP contribution in [-0.4, -0.2) is 17.2 Å². The van der Waals surface area contributed by atoms with Gasteiger partial charge in [0.05, 0.1) is 11.7 Å². The van der Waals surface area contributed by atoms with Crippen molar-refractivity contribution in [1.82, 2.24) is 0 Å². The van der Waals surface area contributed by atoms with E-state index in [0.717, 1.165) is 6.42 Å². The van der Waals surface area contributed by atoms with Crippen LogP contribution in [0.2, 0.25) is 0 Å². The van der Waals surface area contributed by atoms with Gasteiger partial charge in [-0.05, 0) is 44.9 Å². The Bertz CT molecular complexity index is 301. The minimum atomic E-state index is 0.0747. The van der Waals surface area contributed by atoms with Crippen LogP contribution in [-0.2, 0) is 4.74 Å². The van der Waals surface area contributed by atoms with E-state index in [4.69, 9.17) is 10.5 Å². The minimum Gasteiger partial charge on any atom is -0.372 e. The van der Waals surface area contributed by atoms with E-state index in [-0.39, 0.29) is 11.1 Å². The van der Waals surface area contributed by atoms with Gasteiger partial charge >= 0.3 is 0 Å². The Kier molecular flexibility index (Phi) is 4.72. The van der Waals surface area contributed by atoms with E-state index in [1.54, 1.807) is 0 Å². The molecule has 2 N–H and O–H groups in total. The largest absolute Gasteiger partial charge is 0.372 e. The van der Waals surface area contributed by atoms with E-state index in [0.29, 0.717) is 6.10 Å². The van der Waals surface area contributed by atoms with Gasteiger partial charge in [0.2, 0.25) is 0 Å². The predicted molar refractivity (Wildman–Crippen MR) is 83.8 cm³/mol. The molecule has 0 aromatic carbocycles. The second-order valence-corrected chi connectivity index (χ2v) is 7.86. The smallest absolute Gasteiger partial charge is 0.0687 e. The third-order valence-electron chi connectivity index (χ3n) is 6.09. The molecule has 20 heavy (non-hydrogen) atoms. The first-order valence-corrected chi connectivity index (χ1v) is 9.17. The summed E-state index contributed by atoms with van der Waals surface area (Å²) in [6.45, 7) is 0. The number of rotatable bonds is 2. The van der Waals surface area contributed by atoms with Crippen molar-refractivity contribution < 1.29 is 4.74 Å². The molecule has 0 aromatic heterocycles. The van der Waals surface area contributed by atoms with Crippen LogP contribution < -0.4 is 5.73 Å². The molecule has 1 saturated heterocycles. The van der Waals surface area contributed by atoms with Crippen LogP contribution in [0.5, 0.6) is 0 Å². The van der Waals surface area contributed by atoms with E-state index in [9.17, 15) is 0 Å². The third kappa shape index (κ3) is 3.57. The standard InChI is InChI=1S/C18H33NO/c19-17(10-5-2-1-3-6-11-17)15-16-9-14-18(20-16)12-7-4-8-13-18/h16H,1-15,19H2. The molecule has 2 aliphatic carbocycles. The highest BCUT2D eigenvalue weighted by Gasteiger charge is 2.42. The molecule has 1 unspecified atom stereocenters. The second kappa shape index (κ2) is 6.36. The van der Waals surface area contributed by atoms with Crippen molar-refractivity contribution in [3.63, 3.8) is 0 Å². The van der Waals surface area contributed by atoms with Gasteiger partial charge in [-0.3, -0.25) is 0 Å². The monoisotopic (exact) mass is 279 g/mol. The van der Waals surface area contributed by atoms with Crippen LogP contribution in [0.4, 0.5) is 0 Å². The second-order valence-electron chi connectivity index (χ2n) is 7.86. The maximum absolute atomic E-state index is 6.75. The molecular weight excluding hydrogens is 246 g/mol. The molecule has 116 valence electrons. The number of nitrogens with two attached hydrogens (primary N) is 1. The molecular formula is C18H33NO. The first-order valence-electron chi connectivity index (χ1n) is 9.17. The fourth-order valence-corrected chi connectivity index (χ4v) is 4.87. The zero-order valence-electron chi connectivity index (χ0n) is 13.2. The van der Waals surface area contributed by atoms with Crippen molar-refractivity contribution in [3.05, 3.63) is 0 Å². The molecule has 1 atom stereocenters. The SMILES string of the molecule is NC1(CC2CCC3(CCCCC3)O2)CCCCCCC1. The fourth-order valence-electron chi connectivity index (χ4n) is 4.87. The molecule has 2 nitrogen and oxygen atoms in total. The topological polar surface area (TPSA) is 35.2 Å². The van der Waals surface area contributed by atoms with Crippen molar-refractivity contribution in [1.29, 1.82) is 0 Å². The maximum atomic E-state index is 6.75. The van der Waals surface area contributed by atoms with Gasteiger partial charge in [-0.2, -0.15) is 0 Å². The quantitative estimate of drug-likeness (QED) is 0.795. The Balaban J connectivity index is 1.54. The molecule has 2 saturated carbocycles. The van der Waals surface area contributed by atoms with Crippen molar-refractivity contribution >= 4 is 0 Å². The zero-order chi connectivity index (χ0) is 13.9. The average Bonchev–Trinajstić information content (AvgIpc) is 2.78. The van der Waals surface area contributed by atoms with Crippen molar-refractivity contribution in [2.24, 2.45) is 5.73 Å².